The van der Waals surface area contributed by atoms with Gasteiger partial charge in [-0.3, -0.25) is 0 Å². The van der Waals surface area contributed by atoms with E-state index in [9.17, 15) is 0 Å². The highest BCUT2D eigenvalue weighted by molar-refractivity contribution is 5.37. The predicted molar refractivity (Wildman–Crippen MR) is 78.0 cm³/mol. The smallest absolute Gasteiger partial charge is 0.322 e. The van der Waals surface area contributed by atoms with Gasteiger partial charge >= 0.3 is 6.01 Å². The molecule has 0 saturated heterocycles. The van der Waals surface area contributed by atoms with Crippen molar-refractivity contribution in [3.8, 4) is 6.01 Å². The Morgan fingerprint density at radius 2 is 1.75 bits per heavy atom. The summed E-state index contributed by atoms with van der Waals surface area (Å²) in [6.45, 7) is 2.96. The molecule has 3 rings (SSSR count). The lowest BCUT2D eigenvalue weighted by Crippen LogP contribution is -2.26. The maximum absolute atomic E-state index is 5.17. The van der Waals surface area contributed by atoms with Crippen LogP contribution < -0.4 is 15.4 Å². The van der Waals surface area contributed by atoms with Crippen LogP contribution in [0.5, 0.6) is 6.01 Å². The van der Waals surface area contributed by atoms with Crippen LogP contribution in [0.15, 0.2) is 0 Å². The van der Waals surface area contributed by atoms with Crippen molar-refractivity contribution in [1.29, 1.82) is 0 Å². The normalized spacial score (nSPS) is 18.1. The molecule has 110 valence electrons. The molecule has 2 saturated carbocycles. The van der Waals surface area contributed by atoms with Gasteiger partial charge in [-0.05, 0) is 43.9 Å². The Morgan fingerprint density at radius 1 is 1.10 bits per heavy atom. The van der Waals surface area contributed by atoms with Gasteiger partial charge in [0.15, 0.2) is 0 Å². The number of methoxy groups -OCH3 is 1. The fourth-order valence-corrected chi connectivity index (χ4v) is 2.51. The van der Waals surface area contributed by atoms with E-state index in [-0.39, 0.29) is 0 Å². The Labute approximate surface area is 119 Å². The summed E-state index contributed by atoms with van der Waals surface area (Å²) in [5.41, 5.74) is 0. The number of rotatable bonds is 8. The van der Waals surface area contributed by atoms with Crippen molar-refractivity contribution in [2.45, 2.75) is 45.1 Å². The number of anilines is 2. The third-order valence-electron chi connectivity index (χ3n) is 3.89. The van der Waals surface area contributed by atoms with Gasteiger partial charge in [-0.25, -0.2) is 0 Å². The molecule has 1 aromatic rings. The molecule has 2 aliphatic carbocycles. The Bertz CT molecular complexity index is 447. The molecule has 2 aliphatic rings. The number of nitrogens with zero attached hydrogens (tertiary/aromatic N) is 3. The van der Waals surface area contributed by atoms with E-state index in [4.69, 9.17) is 4.74 Å². The third kappa shape index (κ3) is 3.29. The monoisotopic (exact) mass is 277 g/mol. The van der Waals surface area contributed by atoms with E-state index in [1.54, 1.807) is 7.11 Å². The number of nitrogens with one attached hydrogen (secondary N) is 2. The molecular formula is C14H23N5O. The largest absolute Gasteiger partial charge is 0.467 e. The number of hydrogen-bond donors (Lipinski definition) is 2. The zero-order valence-electron chi connectivity index (χ0n) is 12.2. The highest BCUT2D eigenvalue weighted by Crippen LogP contribution is 2.45. The predicted octanol–water partition coefficient (Wildman–Crippen LogP) is 2.30. The second kappa shape index (κ2) is 5.81. The lowest BCUT2D eigenvalue weighted by molar-refractivity contribution is 0.379. The molecule has 6 nitrogen and oxygen atoms in total. The van der Waals surface area contributed by atoms with E-state index < -0.39 is 0 Å². The van der Waals surface area contributed by atoms with Crippen molar-refractivity contribution in [2.24, 2.45) is 11.8 Å². The summed E-state index contributed by atoms with van der Waals surface area (Å²) in [7, 11) is 1.59. The molecule has 0 atom stereocenters. The molecule has 0 spiro atoms. The zero-order chi connectivity index (χ0) is 13.9. The van der Waals surface area contributed by atoms with Gasteiger partial charge in [0.1, 0.15) is 0 Å². The van der Waals surface area contributed by atoms with Gasteiger partial charge in [-0.2, -0.15) is 15.0 Å². The maximum atomic E-state index is 5.17. The molecule has 1 aromatic heterocycles. The van der Waals surface area contributed by atoms with Crippen LogP contribution in [0, 0.1) is 11.8 Å². The fraction of sp³-hybridized carbons (Fsp3) is 0.786. The van der Waals surface area contributed by atoms with E-state index in [1.165, 1.54) is 25.7 Å². The highest BCUT2D eigenvalue weighted by Gasteiger charge is 2.41. The van der Waals surface area contributed by atoms with Gasteiger partial charge in [0.2, 0.25) is 11.9 Å². The molecule has 1 heterocycles. The van der Waals surface area contributed by atoms with E-state index in [0.29, 0.717) is 23.9 Å². The summed E-state index contributed by atoms with van der Waals surface area (Å²) in [5, 5.41) is 6.70. The average molecular weight is 277 g/mol. The van der Waals surface area contributed by atoms with Crippen LogP contribution in [0.1, 0.15) is 39.0 Å². The van der Waals surface area contributed by atoms with Gasteiger partial charge in [-0.15, -0.1) is 0 Å². The molecule has 0 bridgehead atoms. The minimum absolute atomic E-state index is 0.367. The van der Waals surface area contributed by atoms with Crippen LogP contribution in [0.4, 0.5) is 11.9 Å². The average Bonchev–Trinajstić information content (AvgIpc) is 3.35. The minimum Gasteiger partial charge on any atom is -0.467 e. The molecule has 0 aliphatic heterocycles. The van der Waals surface area contributed by atoms with Crippen LogP contribution in [0.2, 0.25) is 0 Å². The van der Waals surface area contributed by atoms with Gasteiger partial charge in [0.05, 0.1) is 7.11 Å². The van der Waals surface area contributed by atoms with E-state index in [2.05, 4.69) is 32.5 Å². The minimum atomic E-state index is 0.367. The van der Waals surface area contributed by atoms with Crippen molar-refractivity contribution in [2.75, 3.05) is 24.3 Å². The first-order chi connectivity index (χ1) is 9.80. The topological polar surface area (TPSA) is 72.0 Å². The first-order valence-electron chi connectivity index (χ1n) is 7.60. The van der Waals surface area contributed by atoms with Gasteiger partial charge in [-0.1, -0.05) is 6.92 Å². The Hall–Kier alpha value is -1.59. The molecule has 20 heavy (non-hydrogen) atoms. The van der Waals surface area contributed by atoms with Crippen molar-refractivity contribution >= 4 is 11.9 Å². The van der Waals surface area contributed by atoms with Crippen LogP contribution in [0.25, 0.3) is 0 Å². The molecule has 0 amide bonds. The molecule has 0 radical (unpaired) electrons. The molecule has 6 heteroatoms. The lowest BCUT2D eigenvalue weighted by Gasteiger charge is -2.18. The Kier molecular flexibility index (Phi) is 3.89. The SMILES string of the molecule is CCCNc1nc(NC(C2CC2)C2CC2)nc(OC)n1. The van der Waals surface area contributed by atoms with Crippen LogP contribution >= 0.6 is 0 Å². The van der Waals surface area contributed by atoms with Gasteiger partial charge < -0.3 is 15.4 Å². The second-order valence-electron chi connectivity index (χ2n) is 5.74. The van der Waals surface area contributed by atoms with Crippen molar-refractivity contribution in [3.05, 3.63) is 0 Å². The van der Waals surface area contributed by atoms with Gasteiger partial charge in [0.25, 0.3) is 0 Å². The van der Waals surface area contributed by atoms with Gasteiger partial charge in [0, 0.05) is 12.6 Å². The maximum Gasteiger partial charge on any atom is 0.322 e. The first kappa shape index (κ1) is 13.4. The quantitative estimate of drug-likeness (QED) is 0.759. The van der Waals surface area contributed by atoms with Crippen LogP contribution in [-0.4, -0.2) is 34.6 Å². The van der Waals surface area contributed by atoms with E-state index >= 15 is 0 Å². The molecule has 0 aromatic carbocycles. The Morgan fingerprint density at radius 3 is 2.30 bits per heavy atom. The summed E-state index contributed by atoms with van der Waals surface area (Å²) in [6, 6.07) is 0.896. The summed E-state index contributed by atoms with van der Waals surface area (Å²) >= 11 is 0. The molecule has 2 N–H and O–H groups in total. The van der Waals surface area contributed by atoms with E-state index in [1.807, 2.05) is 0 Å². The number of ether oxygens (including phenoxy) is 1. The number of hydrogen-bond acceptors (Lipinski definition) is 6. The summed E-state index contributed by atoms with van der Waals surface area (Å²) < 4.78 is 5.17. The fourth-order valence-electron chi connectivity index (χ4n) is 2.51. The summed E-state index contributed by atoms with van der Waals surface area (Å²) in [4.78, 5) is 13.0. The van der Waals surface area contributed by atoms with Crippen molar-refractivity contribution < 1.29 is 4.74 Å². The summed E-state index contributed by atoms with van der Waals surface area (Å²) in [5.74, 6) is 2.83. The Balaban J connectivity index is 1.72. The van der Waals surface area contributed by atoms with Crippen LogP contribution in [-0.2, 0) is 0 Å². The van der Waals surface area contributed by atoms with Crippen molar-refractivity contribution in [3.63, 3.8) is 0 Å². The van der Waals surface area contributed by atoms with E-state index in [0.717, 1.165) is 24.8 Å². The number of aromatic nitrogens is 3. The van der Waals surface area contributed by atoms with Crippen LogP contribution in [0.3, 0.4) is 0 Å². The third-order valence-corrected chi connectivity index (χ3v) is 3.89. The standard InChI is InChI=1S/C14H23N5O/c1-3-8-15-12-17-13(19-14(18-12)20-2)16-11(9-4-5-9)10-6-7-10/h9-11H,3-8H2,1-2H3,(H2,15,16,17,18,19). The molecule has 0 unspecified atom stereocenters. The lowest BCUT2D eigenvalue weighted by atomic mass is 10.1. The summed E-state index contributed by atoms with van der Waals surface area (Å²) in [6.07, 6.45) is 6.35. The molecule has 2 fully saturated rings. The highest BCUT2D eigenvalue weighted by atomic mass is 16.5. The van der Waals surface area contributed by atoms with Crippen molar-refractivity contribution in [1.82, 2.24) is 15.0 Å². The zero-order valence-corrected chi connectivity index (χ0v) is 12.2. The first-order valence-corrected chi connectivity index (χ1v) is 7.60. The second-order valence-corrected chi connectivity index (χ2v) is 5.74. The molecular weight excluding hydrogens is 254 g/mol.